The van der Waals surface area contributed by atoms with Gasteiger partial charge in [0.05, 0.1) is 7.11 Å². The third-order valence-electron chi connectivity index (χ3n) is 2.79. The monoisotopic (exact) mass is 195 g/mol. The normalized spacial score (nSPS) is 20.4. The molecular formula is C11H14FNO. The Kier molecular flexibility index (Phi) is 2.42. The standard InChI is InChI=1S/C11H14FNO/c1-14-9-6-5-7-3-2-4-8(13)10(7)11(9)12/h5-6,8H,2-4,13H2,1H3. The van der Waals surface area contributed by atoms with E-state index in [1.54, 1.807) is 6.07 Å². The van der Waals surface area contributed by atoms with Crippen molar-refractivity contribution in [1.82, 2.24) is 0 Å². The molecule has 1 aromatic carbocycles. The molecule has 0 heterocycles. The van der Waals surface area contributed by atoms with Crippen molar-refractivity contribution in [3.63, 3.8) is 0 Å². The minimum absolute atomic E-state index is 0.172. The Bertz CT molecular complexity index is 351. The Labute approximate surface area is 82.9 Å². The van der Waals surface area contributed by atoms with Gasteiger partial charge in [-0.15, -0.1) is 0 Å². The van der Waals surface area contributed by atoms with Crippen LogP contribution in [0.1, 0.15) is 30.0 Å². The Hall–Kier alpha value is -1.09. The van der Waals surface area contributed by atoms with E-state index in [0.717, 1.165) is 24.8 Å². The summed E-state index contributed by atoms with van der Waals surface area (Å²) in [5, 5.41) is 0. The molecule has 0 spiro atoms. The number of benzene rings is 1. The van der Waals surface area contributed by atoms with E-state index < -0.39 is 0 Å². The molecule has 0 saturated carbocycles. The molecule has 2 N–H and O–H groups in total. The third-order valence-corrected chi connectivity index (χ3v) is 2.79. The molecule has 0 radical (unpaired) electrons. The van der Waals surface area contributed by atoms with Gasteiger partial charge in [-0.05, 0) is 30.9 Å². The van der Waals surface area contributed by atoms with Crippen LogP contribution in [0.25, 0.3) is 0 Å². The lowest BCUT2D eigenvalue weighted by molar-refractivity contribution is 0.378. The van der Waals surface area contributed by atoms with Crippen molar-refractivity contribution in [3.05, 3.63) is 29.1 Å². The van der Waals surface area contributed by atoms with Crippen LogP contribution < -0.4 is 10.5 Å². The summed E-state index contributed by atoms with van der Waals surface area (Å²) in [6.07, 6.45) is 2.82. The Morgan fingerprint density at radius 1 is 1.50 bits per heavy atom. The maximum absolute atomic E-state index is 13.8. The second kappa shape index (κ2) is 3.58. The zero-order chi connectivity index (χ0) is 10.1. The molecule has 0 bridgehead atoms. The predicted molar refractivity (Wildman–Crippen MR) is 52.8 cm³/mol. The van der Waals surface area contributed by atoms with E-state index in [9.17, 15) is 4.39 Å². The smallest absolute Gasteiger partial charge is 0.170 e. The first-order valence-electron chi connectivity index (χ1n) is 4.85. The number of ether oxygens (including phenoxy) is 1. The molecule has 1 aromatic rings. The zero-order valence-corrected chi connectivity index (χ0v) is 8.22. The highest BCUT2D eigenvalue weighted by atomic mass is 19.1. The molecule has 1 unspecified atom stereocenters. The molecule has 2 nitrogen and oxygen atoms in total. The van der Waals surface area contributed by atoms with Gasteiger partial charge in [0.25, 0.3) is 0 Å². The summed E-state index contributed by atoms with van der Waals surface area (Å²) in [5.74, 6) is 0.0123. The van der Waals surface area contributed by atoms with Crippen molar-refractivity contribution in [3.8, 4) is 5.75 Å². The molecule has 1 aliphatic carbocycles. The molecule has 0 aliphatic heterocycles. The van der Waals surface area contributed by atoms with Crippen LogP contribution in [0.2, 0.25) is 0 Å². The van der Waals surface area contributed by atoms with Crippen LogP contribution in [0.4, 0.5) is 4.39 Å². The number of nitrogens with two attached hydrogens (primary N) is 1. The van der Waals surface area contributed by atoms with Crippen LogP contribution in [0, 0.1) is 5.82 Å². The highest BCUT2D eigenvalue weighted by Crippen LogP contribution is 2.34. The second-order valence-electron chi connectivity index (χ2n) is 3.65. The van der Waals surface area contributed by atoms with Gasteiger partial charge in [0.15, 0.2) is 11.6 Å². The molecule has 0 fully saturated rings. The Morgan fingerprint density at radius 2 is 2.29 bits per heavy atom. The number of rotatable bonds is 1. The molecule has 76 valence electrons. The Morgan fingerprint density at radius 3 is 3.00 bits per heavy atom. The fourth-order valence-corrected chi connectivity index (χ4v) is 2.05. The van der Waals surface area contributed by atoms with Crippen LogP contribution in [-0.4, -0.2) is 7.11 Å². The highest BCUT2D eigenvalue weighted by Gasteiger charge is 2.22. The van der Waals surface area contributed by atoms with Crippen molar-refractivity contribution < 1.29 is 9.13 Å². The summed E-state index contributed by atoms with van der Waals surface area (Å²) < 4.78 is 18.7. The van der Waals surface area contributed by atoms with Crippen molar-refractivity contribution in [2.45, 2.75) is 25.3 Å². The lowest BCUT2D eigenvalue weighted by Gasteiger charge is -2.23. The average Bonchev–Trinajstić information content (AvgIpc) is 2.18. The molecule has 0 aromatic heterocycles. The molecule has 0 amide bonds. The summed E-state index contributed by atoms with van der Waals surface area (Å²) in [6.45, 7) is 0. The van der Waals surface area contributed by atoms with Crippen LogP contribution in [-0.2, 0) is 6.42 Å². The fraction of sp³-hybridized carbons (Fsp3) is 0.455. The topological polar surface area (TPSA) is 35.2 Å². The van der Waals surface area contributed by atoms with E-state index in [1.807, 2.05) is 6.07 Å². The maximum Gasteiger partial charge on any atom is 0.170 e. The summed E-state index contributed by atoms with van der Waals surface area (Å²) in [6, 6.07) is 3.41. The minimum atomic E-state index is -0.280. The van der Waals surface area contributed by atoms with Gasteiger partial charge in [-0.2, -0.15) is 0 Å². The minimum Gasteiger partial charge on any atom is -0.494 e. The first-order chi connectivity index (χ1) is 6.74. The van der Waals surface area contributed by atoms with Gasteiger partial charge in [0.1, 0.15) is 0 Å². The van der Waals surface area contributed by atoms with Crippen molar-refractivity contribution in [1.29, 1.82) is 0 Å². The van der Waals surface area contributed by atoms with Gasteiger partial charge in [0, 0.05) is 11.6 Å². The van der Waals surface area contributed by atoms with Gasteiger partial charge in [-0.25, -0.2) is 4.39 Å². The van der Waals surface area contributed by atoms with E-state index >= 15 is 0 Å². The molecular weight excluding hydrogens is 181 g/mol. The van der Waals surface area contributed by atoms with E-state index in [-0.39, 0.29) is 11.9 Å². The third kappa shape index (κ3) is 1.38. The van der Waals surface area contributed by atoms with Crippen LogP contribution in [0.15, 0.2) is 12.1 Å². The van der Waals surface area contributed by atoms with Gasteiger partial charge in [-0.3, -0.25) is 0 Å². The fourth-order valence-electron chi connectivity index (χ4n) is 2.05. The lowest BCUT2D eigenvalue weighted by Crippen LogP contribution is -2.19. The van der Waals surface area contributed by atoms with E-state index in [1.165, 1.54) is 7.11 Å². The number of hydrogen-bond donors (Lipinski definition) is 1. The molecule has 1 aliphatic rings. The molecule has 1 atom stereocenters. The van der Waals surface area contributed by atoms with E-state index in [0.29, 0.717) is 11.3 Å². The van der Waals surface area contributed by atoms with Crippen molar-refractivity contribution in [2.24, 2.45) is 5.73 Å². The van der Waals surface area contributed by atoms with E-state index in [4.69, 9.17) is 10.5 Å². The first kappa shape index (κ1) is 9.46. The van der Waals surface area contributed by atoms with Crippen LogP contribution >= 0.6 is 0 Å². The van der Waals surface area contributed by atoms with Crippen molar-refractivity contribution >= 4 is 0 Å². The van der Waals surface area contributed by atoms with Crippen molar-refractivity contribution in [2.75, 3.05) is 7.11 Å². The van der Waals surface area contributed by atoms with Crippen LogP contribution in [0.5, 0.6) is 5.75 Å². The van der Waals surface area contributed by atoms with Gasteiger partial charge >= 0.3 is 0 Å². The number of aryl methyl sites for hydroxylation is 1. The van der Waals surface area contributed by atoms with Gasteiger partial charge in [-0.1, -0.05) is 6.07 Å². The lowest BCUT2D eigenvalue weighted by atomic mass is 9.87. The molecule has 0 saturated heterocycles. The largest absolute Gasteiger partial charge is 0.494 e. The maximum atomic E-state index is 13.8. The highest BCUT2D eigenvalue weighted by molar-refractivity contribution is 5.40. The number of hydrogen-bond acceptors (Lipinski definition) is 2. The molecule has 14 heavy (non-hydrogen) atoms. The van der Waals surface area contributed by atoms with Gasteiger partial charge < -0.3 is 10.5 Å². The SMILES string of the molecule is COc1ccc2c(c1F)C(N)CCC2. The molecule has 2 rings (SSSR count). The predicted octanol–water partition coefficient (Wildman–Crippen LogP) is 2.17. The quantitative estimate of drug-likeness (QED) is 0.745. The average molecular weight is 195 g/mol. The number of halogens is 1. The van der Waals surface area contributed by atoms with Crippen LogP contribution in [0.3, 0.4) is 0 Å². The summed E-state index contributed by atoms with van der Waals surface area (Å²) in [4.78, 5) is 0. The first-order valence-corrected chi connectivity index (χ1v) is 4.85. The zero-order valence-electron chi connectivity index (χ0n) is 8.22. The summed E-state index contributed by atoms with van der Waals surface area (Å²) in [5.41, 5.74) is 7.55. The summed E-state index contributed by atoms with van der Waals surface area (Å²) >= 11 is 0. The second-order valence-corrected chi connectivity index (χ2v) is 3.65. The number of methoxy groups -OCH3 is 1. The van der Waals surface area contributed by atoms with Gasteiger partial charge in [0.2, 0.25) is 0 Å². The number of fused-ring (bicyclic) bond motifs is 1. The van der Waals surface area contributed by atoms with E-state index in [2.05, 4.69) is 0 Å². The Balaban J connectivity index is 2.54. The summed E-state index contributed by atoms with van der Waals surface area (Å²) in [7, 11) is 1.47. The molecule has 3 heteroatoms.